The second kappa shape index (κ2) is 11.2. The SMILES string of the molecule is CCCCC[N+](C)(CCc1cccnc1)CCC(O)(P(=O)(O)O)P(=O)(O)O.[Cl-]. The highest BCUT2D eigenvalue weighted by Crippen LogP contribution is 2.69. The Balaban J connectivity index is 0.00000729. The third-order valence-corrected chi connectivity index (χ3v) is 8.76. The van der Waals surface area contributed by atoms with Gasteiger partial charge in [-0.3, -0.25) is 14.1 Å². The molecule has 0 aliphatic carbocycles. The summed E-state index contributed by atoms with van der Waals surface area (Å²) < 4.78 is 23.5. The Morgan fingerprint density at radius 1 is 1.07 bits per heavy atom. The van der Waals surface area contributed by atoms with Crippen LogP contribution in [-0.4, -0.2) is 65.9 Å². The number of unbranched alkanes of at least 4 members (excludes halogenated alkanes) is 2. The zero-order valence-electron chi connectivity index (χ0n) is 16.2. The third kappa shape index (κ3) is 7.82. The molecule has 1 aromatic rings. The predicted molar refractivity (Wildman–Crippen MR) is 102 cm³/mol. The van der Waals surface area contributed by atoms with Gasteiger partial charge in [-0.2, -0.15) is 0 Å². The number of likely N-dealkylation sites (N-methyl/N-ethyl adjacent to an activating group) is 1. The Kier molecular flexibility index (Phi) is 11.0. The van der Waals surface area contributed by atoms with Gasteiger partial charge in [-0.05, 0) is 24.5 Å². The molecule has 0 aromatic carbocycles. The van der Waals surface area contributed by atoms with E-state index in [0.29, 0.717) is 24.0 Å². The Hall–Kier alpha value is -0.340. The average molecular weight is 461 g/mol. The van der Waals surface area contributed by atoms with Crippen molar-refractivity contribution >= 4 is 15.2 Å². The van der Waals surface area contributed by atoms with E-state index in [4.69, 9.17) is 0 Å². The molecule has 5 N–H and O–H groups in total. The zero-order valence-corrected chi connectivity index (χ0v) is 18.7. The molecule has 0 radical (unpaired) electrons. The van der Waals surface area contributed by atoms with Crippen molar-refractivity contribution in [3.8, 4) is 0 Å². The predicted octanol–water partition coefficient (Wildman–Crippen LogP) is -1.34. The summed E-state index contributed by atoms with van der Waals surface area (Å²) in [6, 6.07) is 3.74. The summed E-state index contributed by atoms with van der Waals surface area (Å²) in [5, 5.41) is 6.80. The monoisotopic (exact) mass is 460 g/mol. The first-order valence-corrected chi connectivity index (χ1v) is 12.1. The summed E-state index contributed by atoms with van der Waals surface area (Å²) >= 11 is 0. The number of pyridine rings is 1. The van der Waals surface area contributed by atoms with Gasteiger partial charge in [0.15, 0.2) is 0 Å². The molecule has 12 heteroatoms. The first-order valence-electron chi connectivity index (χ1n) is 8.91. The maximum Gasteiger partial charge on any atom is 0.369 e. The Morgan fingerprint density at radius 2 is 1.68 bits per heavy atom. The van der Waals surface area contributed by atoms with E-state index in [0.717, 1.165) is 24.8 Å². The van der Waals surface area contributed by atoms with Crippen molar-refractivity contribution in [3.05, 3.63) is 30.1 Å². The molecule has 0 saturated carbocycles. The van der Waals surface area contributed by atoms with Crippen molar-refractivity contribution in [1.82, 2.24) is 4.98 Å². The van der Waals surface area contributed by atoms with Crippen LogP contribution in [-0.2, 0) is 15.6 Å². The number of quaternary nitrogens is 1. The molecule has 0 fully saturated rings. The molecule has 0 saturated heterocycles. The molecule has 1 rings (SSSR count). The lowest BCUT2D eigenvalue weighted by atomic mass is 10.1. The molecular formula is C16H31ClN2O7P2. The topological polar surface area (TPSA) is 148 Å². The second-order valence-electron chi connectivity index (χ2n) is 7.22. The fourth-order valence-corrected chi connectivity index (χ4v) is 5.05. The molecule has 0 aliphatic heterocycles. The summed E-state index contributed by atoms with van der Waals surface area (Å²) in [5.41, 5.74) is 0.998. The molecule has 1 aromatic heterocycles. The third-order valence-electron chi connectivity index (χ3n) is 4.88. The Labute approximate surface area is 172 Å². The van der Waals surface area contributed by atoms with Crippen molar-refractivity contribution in [2.45, 2.75) is 44.1 Å². The lowest BCUT2D eigenvalue weighted by molar-refractivity contribution is -0.910. The van der Waals surface area contributed by atoms with Crippen LogP contribution in [0.5, 0.6) is 0 Å². The number of aliphatic hydroxyl groups is 1. The number of rotatable bonds is 12. The first kappa shape index (κ1) is 27.7. The first-order chi connectivity index (χ1) is 12.3. The number of hydrogen-bond donors (Lipinski definition) is 5. The van der Waals surface area contributed by atoms with Gasteiger partial charge < -0.3 is 41.6 Å². The molecule has 1 atom stereocenters. The highest BCUT2D eigenvalue weighted by Gasteiger charge is 2.59. The van der Waals surface area contributed by atoms with E-state index < -0.39 is 26.7 Å². The lowest BCUT2D eigenvalue weighted by Gasteiger charge is -2.38. The fourth-order valence-electron chi connectivity index (χ4n) is 2.90. The number of nitrogens with zero attached hydrogens (tertiary/aromatic N) is 2. The van der Waals surface area contributed by atoms with Crippen LogP contribution < -0.4 is 12.4 Å². The maximum atomic E-state index is 11.6. The highest BCUT2D eigenvalue weighted by atomic mass is 35.5. The summed E-state index contributed by atoms with van der Waals surface area (Å²) in [6.45, 7) is 3.34. The lowest BCUT2D eigenvalue weighted by Crippen LogP contribution is -3.00. The number of aromatic nitrogens is 1. The van der Waals surface area contributed by atoms with Crippen LogP contribution in [0.1, 0.15) is 38.2 Å². The van der Waals surface area contributed by atoms with Gasteiger partial charge >= 0.3 is 15.2 Å². The van der Waals surface area contributed by atoms with E-state index in [1.807, 2.05) is 19.2 Å². The number of halogens is 1. The fraction of sp³-hybridized carbons (Fsp3) is 0.688. The largest absolute Gasteiger partial charge is 1.00 e. The van der Waals surface area contributed by atoms with Crippen LogP contribution in [0.2, 0.25) is 0 Å². The summed E-state index contributed by atoms with van der Waals surface area (Å²) in [4.78, 5) is 41.4. The van der Waals surface area contributed by atoms with Crippen LogP contribution in [0, 0.1) is 0 Å². The minimum absolute atomic E-state index is 0. The molecule has 1 unspecified atom stereocenters. The quantitative estimate of drug-likeness (QED) is 0.146. The molecule has 1 heterocycles. The van der Waals surface area contributed by atoms with E-state index in [2.05, 4.69) is 11.9 Å². The van der Waals surface area contributed by atoms with Gasteiger partial charge in [0.2, 0.25) is 0 Å². The smallest absolute Gasteiger partial charge is 0.369 e. The van der Waals surface area contributed by atoms with Gasteiger partial charge in [-0.1, -0.05) is 19.4 Å². The van der Waals surface area contributed by atoms with Gasteiger partial charge in [0.1, 0.15) is 0 Å². The van der Waals surface area contributed by atoms with E-state index >= 15 is 0 Å². The van der Waals surface area contributed by atoms with Crippen LogP contribution in [0.25, 0.3) is 0 Å². The van der Waals surface area contributed by atoms with E-state index in [-0.39, 0.29) is 19.0 Å². The average Bonchev–Trinajstić information content (AvgIpc) is 2.57. The Bertz CT molecular complexity index is 661. The van der Waals surface area contributed by atoms with Gasteiger partial charge in [-0.25, -0.2) is 0 Å². The van der Waals surface area contributed by atoms with E-state index in [1.165, 1.54) is 0 Å². The summed E-state index contributed by atoms with van der Waals surface area (Å²) in [7, 11) is -9.00. The minimum atomic E-state index is -5.43. The van der Waals surface area contributed by atoms with Crippen molar-refractivity contribution < 1.29 is 50.7 Å². The molecule has 0 aliphatic rings. The molecule has 0 spiro atoms. The van der Waals surface area contributed by atoms with Crippen LogP contribution in [0.15, 0.2) is 24.5 Å². The van der Waals surface area contributed by atoms with Crippen LogP contribution in [0.4, 0.5) is 0 Å². The standard InChI is InChI=1S/C16H30N2O7P2.ClH/c1-3-4-5-11-18(2,12-8-15-7-6-10-17-14-15)13-9-16(19,26(20,21)22)27(23,24)25;/h6-7,10,14,19H,3-5,8-9,11-13H2,1-2H3,(H3-,20,21,22,23,24,25);1H. The van der Waals surface area contributed by atoms with Crippen molar-refractivity contribution in [2.24, 2.45) is 0 Å². The van der Waals surface area contributed by atoms with Crippen molar-refractivity contribution in [1.29, 1.82) is 0 Å². The normalized spacial score (nSPS) is 15.0. The van der Waals surface area contributed by atoms with Crippen LogP contribution in [0.3, 0.4) is 0 Å². The molecule has 164 valence electrons. The van der Waals surface area contributed by atoms with Gasteiger partial charge in [0.05, 0.1) is 26.7 Å². The molecule has 0 amide bonds. The Morgan fingerprint density at radius 3 is 2.14 bits per heavy atom. The van der Waals surface area contributed by atoms with Crippen molar-refractivity contribution in [2.75, 3.05) is 26.7 Å². The highest BCUT2D eigenvalue weighted by molar-refractivity contribution is 7.72. The van der Waals surface area contributed by atoms with Gasteiger partial charge in [0.25, 0.3) is 5.08 Å². The van der Waals surface area contributed by atoms with E-state index in [9.17, 15) is 33.8 Å². The molecule has 0 bridgehead atoms. The second-order valence-corrected chi connectivity index (χ2v) is 11.2. The van der Waals surface area contributed by atoms with Gasteiger partial charge in [-0.15, -0.1) is 0 Å². The maximum absolute atomic E-state index is 11.6. The van der Waals surface area contributed by atoms with Crippen LogP contribution >= 0.6 is 15.2 Å². The summed E-state index contributed by atoms with van der Waals surface area (Å²) in [5.74, 6) is 0. The molecule has 28 heavy (non-hydrogen) atoms. The van der Waals surface area contributed by atoms with Crippen molar-refractivity contribution in [3.63, 3.8) is 0 Å². The molecular weight excluding hydrogens is 430 g/mol. The minimum Gasteiger partial charge on any atom is -1.00 e. The van der Waals surface area contributed by atoms with Gasteiger partial charge in [0, 0.05) is 25.2 Å². The summed E-state index contributed by atoms with van der Waals surface area (Å²) in [6.07, 6.45) is 6.19. The molecule has 9 nitrogen and oxygen atoms in total. The van der Waals surface area contributed by atoms with E-state index in [1.54, 1.807) is 12.4 Å². The number of hydrogen-bond acceptors (Lipinski definition) is 4. The zero-order chi connectivity index (χ0) is 20.8.